The molecule has 0 saturated carbocycles. The Kier molecular flexibility index (Phi) is 3.36. The van der Waals surface area contributed by atoms with Crippen LogP contribution >= 0.6 is 0 Å². The quantitative estimate of drug-likeness (QED) is 0.757. The molecule has 0 spiro atoms. The zero-order valence-electron chi connectivity index (χ0n) is 10.6. The lowest BCUT2D eigenvalue weighted by Crippen LogP contribution is -2.30. The van der Waals surface area contributed by atoms with Gasteiger partial charge in [0.2, 0.25) is 5.91 Å². The van der Waals surface area contributed by atoms with Crippen LogP contribution in [0.3, 0.4) is 0 Å². The normalized spacial score (nSPS) is 17.1. The highest BCUT2D eigenvalue weighted by Crippen LogP contribution is 2.28. The van der Waals surface area contributed by atoms with E-state index in [0.717, 1.165) is 48.3 Å². The summed E-state index contributed by atoms with van der Waals surface area (Å²) in [6.07, 6.45) is 3.93. The summed E-state index contributed by atoms with van der Waals surface area (Å²) in [7, 11) is 0. The molecule has 2 N–H and O–H groups in total. The van der Waals surface area contributed by atoms with E-state index in [2.05, 4.69) is 0 Å². The highest BCUT2D eigenvalue weighted by atomic mass is 16.2. The van der Waals surface area contributed by atoms with E-state index in [-0.39, 0.29) is 5.91 Å². The van der Waals surface area contributed by atoms with Crippen molar-refractivity contribution < 1.29 is 4.79 Å². The molecule has 17 heavy (non-hydrogen) atoms. The average molecular weight is 232 g/mol. The Hall–Kier alpha value is -1.51. The largest absolute Gasteiger partial charge is 0.399 e. The molecule has 1 fully saturated rings. The van der Waals surface area contributed by atoms with Crippen LogP contribution < -0.4 is 10.6 Å². The van der Waals surface area contributed by atoms with Gasteiger partial charge < -0.3 is 10.6 Å². The molecule has 0 aliphatic carbocycles. The minimum atomic E-state index is 0.245. The first-order valence-corrected chi connectivity index (χ1v) is 6.26. The molecule has 1 aliphatic rings. The first kappa shape index (κ1) is 12.0. The molecule has 1 aromatic carbocycles. The molecule has 0 bridgehead atoms. The van der Waals surface area contributed by atoms with Gasteiger partial charge in [0.05, 0.1) is 0 Å². The third kappa shape index (κ3) is 2.43. The van der Waals surface area contributed by atoms with Crippen molar-refractivity contribution in [2.45, 2.75) is 39.5 Å². The monoisotopic (exact) mass is 232 g/mol. The number of benzene rings is 1. The van der Waals surface area contributed by atoms with Gasteiger partial charge in [-0.2, -0.15) is 0 Å². The Morgan fingerprint density at radius 3 is 2.65 bits per heavy atom. The van der Waals surface area contributed by atoms with Crippen LogP contribution in [0, 0.1) is 13.8 Å². The van der Waals surface area contributed by atoms with Gasteiger partial charge in [-0.1, -0.05) is 6.42 Å². The zero-order chi connectivity index (χ0) is 12.4. The van der Waals surface area contributed by atoms with Crippen LogP contribution in [0.2, 0.25) is 0 Å². The SMILES string of the molecule is Cc1cc(N2CCCCCC2=O)c(C)cc1N. The Morgan fingerprint density at radius 2 is 1.88 bits per heavy atom. The van der Waals surface area contributed by atoms with E-state index in [1.54, 1.807) is 0 Å². The third-order valence-electron chi connectivity index (χ3n) is 3.45. The van der Waals surface area contributed by atoms with Crippen LogP contribution in [-0.4, -0.2) is 12.5 Å². The number of nitrogen functional groups attached to an aromatic ring is 1. The maximum Gasteiger partial charge on any atom is 0.226 e. The molecule has 0 aromatic heterocycles. The molecule has 0 unspecified atom stereocenters. The predicted molar refractivity (Wildman–Crippen MR) is 71.1 cm³/mol. The minimum Gasteiger partial charge on any atom is -0.399 e. The lowest BCUT2D eigenvalue weighted by molar-refractivity contribution is -0.118. The summed E-state index contributed by atoms with van der Waals surface area (Å²) in [5, 5.41) is 0. The second-order valence-electron chi connectivity index (χ2n) is 4.85. The highest BCUT2D eigenvalue weighted by Gasteiger charge is 2.20. The lowest BCUT2D eigenvalue weighted by atomic mass is 10.1. The number of rotatable bonds is 1. The van der Waals surface area contributed by atoms with Gasteiger partial charge in [-0.3, -0.25) is 4.79 Å². The summed E-state index contributed by atoms with van der Waals surface area (Å²) in [6.45, 7) is 4.84. The van der Waals surface area contributed by atoms with E-state index >= 15 is 0 Å². The number of hydrogen-bond acceptors (Lipinski definition) is 2. The second kappa shape index (κ2) is 4.78. The number of aryl methyl sites for hydroxylation is 2. The molecule has 1 heterocycles. The Labute approximate surface area is 103 Å². The van der Waals surface area contributed by atoms with Crippen molar-refractivity contribution in [3.05, 3.63) is 23.3 Å². The van der Waals surface area contributed by atoms with Crippen LogP contribution in [-0.2, 0) is 4.79 Å². The van der Waals surface area contributed by atoms with Crippen LogP contribution in [0.15, 0.2) is 12.1 Å². The molecule has 1 aromatic rings. The van der Waals surface area contributed by atoms with E-state index in [9.17, 15) is 4.79 Å². The van der Waals surface area contributed by atoms with Gasteiger partial charge in [0, 0.05) is 24.3 Å². The van der Waals surface area contributed by atoms with E-state index in [4.69, 9.17) is 5.73 Å². The number of nitrogens with two attached hydrogens (primary N) is 1. The average Bonchev–Trinajstić information content (AvgIpc) is 2.49. The summed E-state index contributed by atoms with van der Waals surface area (Å²) in [4.78, 5) is 14.0. The lowest BCUT2D eigenvalue weighted by Gasteiger charge is -2.23. The molecular formula is C14H20N2O. The summed E-state index contributed by atoms with van der Waals surface area (Å²) in [5.74, 6) is 0.245. The Morgan fingerprint density at radius 1 is 1.12 bits per heavy atom. The molecule has 1 saturated heterocycles. The molecule has 0 atom stereocenters. The number of hydrogen-bond donors (Lipinski definition) is 1. The predicted octanol–water partition coefficient (Wildman–Crippen LogP) is 2.79. The van der Waals surface area contributed by atoms with E-state index in [1.807, 2.05) is 30.9 Å². The maximum absolute atomic E-state index is 12.1. The summed E-state index contributed by atoms with van der Waals surface area (Å²) >= 11 is 0. The van der Waals surface area contributed by atoms with Gasteiger partial charge in [0.25, 0.3) is 0 Å². The van der Waals surface area contributed by atoms with Crippen molar-refractivity contribution in [2.75, 3.05) is 17.2 Å². The van der Waals surface area contributed by atoms with Crippen LogP contribution in [0.1, 0.15) is 36.8 Å². The Balaban J connectivity index is 2.37. The molecule has 0 radical (unpaired) electrons. The zero-order valence-corrected chi connectivity index (χ0v) is 10.6. The molecule has 2 rings (SSSR count). The standard InChI is InChI=1S/C14H20N2O/c1-10-9-13(11(2)8-12(10)15)16-7-5-3-4-6-14(16)17/h8-9H,3-7,15H2,1-2H3. The molecule has 1 aliphatic heterocycles. The van der Waals surface area contributed by atoms with Crippen LogP contribution in [0.5, 0.6) is 0 Å². The van der Waals surface area contributed by atoms with E-state index < -0.39 is 0 Å². The molecule has 92 valence electrons. The second-order valence-corrected chi connectivity index (χ2v) is 4.85. The number of nitrogens with zero attached hydrogens (tertiary/aromatic N) is 1. The Bertz CT molecular complexity index is 440. The van der Waals surface area contributed by atoms with Crippen molar-refractivity contribution in [2.24, 2.45) is 0 Å². The number of anilines is 2. The molecular weight excluding hydrogens is 212 g/mol. The fraction of sp³-hybridized carbons (Fsp3) is 0.500. The maximum atomic E-state index is 12.1. The minimum absolute atomic E-state index is 0.245. The molecule has 3 nitrogen and oxygen atoms in total. The number of carbonyl (C=O) groups excluding carboxylic acids is 1. The van der Waals surface area contributed by atoms with Gasteiger partial charge in [0.1, 0.15) is 0 Å². The fourth-order valence-corrected chi connectivity index (χ4v) is 2.35. The van der Waals surface area contributed by atoms with Gasteiger partial charge in [0.15, 0.2) is 0 Å². The van der Waals surface area contributed by atoms with Crippen molar-refractivity contribution in [3.63, 3.8) is 0 Å². The first-order chi connectivity index (χ1) is 8.09. The number of carbonyl (C=O) groups is 1. The van der Waals surface area contributed by atoms with Crippen molar-refractivity contribution >= 4 is 17.3 Å². The van der Waals surface area contributed by atoms with Gasteiger partial charge in [-0.05, 0) is 49.9 Å². The van der Waals surface area contributed by atoms with Gasteiger partial charge >= 0.3 is 0 Å². The van der Waals surface area contributed by atoms with Crippen molar-refractivity contribution in [1.82, 2.24) is 0 Å². The number of amides is 1. The van der Waals surface area contributed by atoms with Crippen molar-refractivity contribution in [3.8, 4) is 0 Å². The first-order valence-electron chi connectivity index (χ1n) is 6.26. The summed E-state index contributed by atoms with van der Waals surface area (Å²) in [6, 6.07) is 4.00. The summed E-state index contributed by atoms with van der Waals surface area (Å²) in [5.41, 5.74) is 9.84. The van der Waals surface area contributed by atoms with E-state index in [1.165, 1.54) is 0 Å². The highest BCUT2D eigenvalue weighted by molar-refractivity contribution is 5.94. The molecule has 1 amide bonds. The van der Waals surface area contributed by atoms with E-state index in [0.29, 0.717) is 6.42 Å². The van der Waals surface area contributed by atoms with Crippen molar-refractivity contribution in [1.29, 1.82) is 0 Å². The topological polar surface area (TPSA) is 46.3 Å². The van der Waals surface area contributed by atoms with Gasteiger partial charge in [-0.25, -0.2) is 0 Å². The van der Waals surface area contributed by atoms with Crippen LogP contribution in [0.25, 0.3) is 0 Å². The van der Waals surface area contributed by atoms with Gasteiger partial charge in [-0.15, -0.1) is 0 Å². The molecule has 3 heteroatoms. The fourth-order valence-electron chi connectivity index (χ4n) is 2.35. The smallest absolute Gasteiger partial charge is 0.226 e. The third-order valence-corrected chi connectivity index (χ3v) is 3.45. The van der Waals surface area contributed by atoms with Crippen LogP contribution in [0.4, 0.5) is 11.4 Å². The summed E-state index contributed by atoms with van der Waals surface area (Å²) < 4.78 is 0.